The van der Waals surface area contributed by atoms with Gasteiger partial charge in [0.1, 0.15) is 11.2 Å². The van der Waals surface area contributed by atoms with Gasteiger partial charge >= 0.3 is 5.97 Å². The first-order valence-corrected chi connectivity index (χ1v) is 9.80. The third kappa shape index (κ3) is 5.74. The molecule has 0 radical (unpaired) electrons. The summed E-state index contributed by atoms with van der Waals surface area (Å²) in [4.78, 5) is 36.6. The number of hydrogen-bond acceptors (Lipinski definition) is 6. The molecule has 0 spiro atoms. The number of ether oxygens (including phenoxy) is 1. The molecule has 0 aromatic carbocycles. The zero-order chi connectivity index (χ0) is 20.2. The van der Waals surface area contributed by atoms with Crippen molar-refractivity contribution in [3.63, 3.8) is 0 Å². The van der Waals surface area contributed by atoms with Crippen LogP contribution in [0.5, 0.6) is 0 Å². The van der Waals surface area contributed by atoms with E-state index in [-0.39, 0.29) is 34.8 Å². The second kappa shape index (κ2) is 9.26. The molecule has 0 saturated heterocycles. The van der Waals surface area contributed by atoms with Crippen molar-refractivity contribution in [1.82, 2.24) is 5.32 Å². The SMILES string of the molecule is CCOC(=O)c1c(N[C@H](NC(=O)C(C)C)C(Cl)(Cl)Cl)sc(C(C)=O)c1C. The average molecular weight is 444 g/mol. The summed E-state index contributed by atoms with van der Waals surface area (Å²) in [6.45, 7) is 8.26. The molecule has 0 bridgehead atoms. The number of Topliss-reactive ketones (excluding diaryl/α,β-unsaturated/α-hetero) is 1. The van der Waals surface area contributed by atoms with Crippen molar-refractivity contribution in [2.45, 2.75) is 44.6 Å². The van der Waals surface area contributed by atoms with Crippen LogP contribution in [0.3, 0.4) is 0 Å². The minimum Gasteiger partial charge on any atom is -0.462 e. The standard InChI is InChI=1S/C16H21Cl3N2O4S/c1-6-25-14(24)10-8(4)11(9(5)22)26-13(10)21-15(16(17,18)19)20-12(23)7(2)3/h7,15,21H,6H2,1-5H3,(H,20,23)/t15-/m0/s1. The Hall–Kier alpha value is -1.02. The van der Waals surface area contributed by atoms with Crippen LogP contribution in [0.25, 0.3) is 0 Å². The molecule has 1 aromatic heterocycles. The maximum atomic E-state index is 12.3. The van der Waals surface area contributed by atoms with E-state index in [1.807, 2.05) is 0 Å². The number of carbonyl (C=O) groups is 3. The number of thiophene rings is 1. The quantitative estimate of drug-likeness (QED) is 0.284. The Kier molecular flexibility index (Phi) is 8.20. The van der Waals surface area contributed by atoms with Crippen LogP contribution >= 0.6 is 46.1 Å². The number of ketones is 1. The van der Waals surface area contributed by atoms with Crippen LogP contribution in [-0.4, -0.2) is 34.2 Å². The van der Waals surface area contributed by atoms with Gasteiger partial charge in [0, 0.05) is 5.92 Å². The molecule has 0 saturated carbocycles. The van der Waals surface area contributed by atoms with Gasteiger partial charge in [0.15, 0.2) is 5.78 Å². The normalized spacial score (nSPS) is 12.7. The third-order valence-corrected chi connectivity index (χ3v) is 5.34. The van der Waals surface area contributed by atoms with Crippen molar-refractivity contribution in [3.05, 3.63) is 16.0 Å². The molecule has 0 unspecified atom stereocenters. The number of hydrogen-bond donors (Lipinski definition) is 2. The summed E-state index contributed by atoms with van der Waals surface area (Å²) in [6, 6.07) is 0. The first kappa shape index (κ1) is 23.0. The summed E-state index contributed by atoms with van der Waals surface area (Å²) in [5.41, 5.74) is 0.654. The highest BCUT2D eigenvalue weighted by Crippen LogP contribution is 2.38. The first-order valence-electron chi connectivity index (χ1n) is 7.85. The monoisotopic (exact) mass is 442 g/mol. The lowest BCUT2D eigenvalue weighted by Crippen LogP contribution is -2.50. The van der Waals surface area contributed by atoms with E-state index in [1.54, 1.807) is 27.7 Å². The highest BCUT2D eigenvalue weighted by molar-refractivity contribution is 7.18. The second-order valence-corrected chi connectivity index (χ2v) is 9.21. The fourth-order valence-electron chi connectivity index (χ4n) is 2.04. The van der Waals surface area contributed by atoms with E-state index in [2.05, 4.69) is 10.6 Å². The largest absolute Gasteiger partial charge is 0.462 e. The van der Waals surface area contributed by atoms with Crippen LogP contribution in [-0.2, 0) is 9.53 Å². The molecule has 1 amide bonds. The Morgan fingerprint density at radius 2 is 1.81 bits per heavy atom. The first-order chi connectivity index (χ1) is 11.9. The van der Waals surface area contributed by atoms with Crippen molar-refractivity contribution < 1.29 is 19.1 Å². The highest BCUT2D eigenvalue weighted by atomic mass is 35.6. The maximum absolute atomic E-state index is 12.3. The number of esters is 1. The zero-order valence-electron chi connectivity index (χ0n) is 15.0. The molecule has 0 fully saturated rings. The van der Waals surface area contributed by atoms with Gasteiger partial charge in [0.05, 0.1) is 17.0 Å². The van der Waals surface area contributed by atoms with E-state index < -0.39 is 15.9 Å². The molecule has 2 N–H and O–H groups in total. The van der Waals surface area contributed by atoms with Crippen molar-refractivity contribution in [2.24, 2.45) is 5.92 Å². The number of rotatable bonds is 7. The predicted molar refractivity (Wildman–Crippen MR) is 106 cm³/mol. The molecule has 0 aliphatic carbocycles. The van der Waals surface area contributed by atoms with Crippen LogP contribution in [0.2, 0.25) is 0 Å². The van der Waals surface area contributed by atoms with Gasteiger partial charge < -0.3 is 15.4 Å². The Balaban J connectivity index is 3.33. The van der Waals surface area contributed by atoms with Crippen LogP contribution < -0.4 is 10.6 Å². The van der Waals surface area contributed by atoms with Gasteiger partial charge in [-0.1, -0.05) is 48.7 Å². The van der Waals surface area contributed by atoms with Gasteiger partial charge in [0.2, 0.25) is 9.70 Å². The van der Waals surface area contributed by atoms with Gasteiger partial charge in [-0.3, -0.25) is 9.59 Å². The Morgan fingerprint density at radius 1 is 1.23 bits per heavy atom. The van der Waals surface area contributed by atoms with Crippen molar-refractivity contribution in [1.29, 1.82) is 0 Å². The van der Waals surface area contributed by atoms with Crippen molar-refractivity contribution in [2.75, 3.05) is 11.9 Å². The van der Waals surface area contributed by atoms with E-state index in [1.165, 1.54) is 6.92 Å². The number of halogens is 3. The van der Waals surface area contributed by atoms with E-state index in [4.69, 9.17) is 39.5 Å². The number of nitrogens with one attached hydrogen (secondary N) is 2. The Morgan fingerprint density at radius 3 is 2.23 bits per heavy atom. The second-order valence-electron chi connectivity index (χ2n) is 5.82. The molecule has 1 heterocycles. The van der Waals surface area contributed by atoms with Gasteiger partial charge in [-0.2, -0.15) is 0 Å². The van der Waals surface area contributed by atoms with Crippen molar-refractivity contribution >= 4 is 68.8 Å². The molecule has 146 valence electrons. The van der Waals surface area contributed by atoms with E-state index in [9.17, 15) is 14.4 Å². The number of alkyl halides is 3. The molecule has 10 heteroatoms. The molecular formula is C16H21Cl3N2O4S. The van der Waals surface area contributed by atoms with Gasteiger partial charge in [0.25, 0.3) is 0 Å². The molecule has 6 nitrogen and oxygen atoms in total. The number of anilines is 1. The minimum atomic E-state index is -1.90. The summed E-state index contributed by atoms with van der Waals surface area (Å²) in [6.07, 6.45) is -1.12. The molecule has 1 atom stereocenters. The van der Waals surface area contributed by atoms with E-state index in [0.717, 1.165) is 11.3 Å². The number of carbonyl (C=O) groups excluding carboxylic acids is 3. The minimum absolute atomic E-state index is 0.168. The molecule has 0 aliphatic heterocycles. The predicted octanol–water partition coefficient (Wildman–Crippen LogP) is 4.32. The lowest BCUT2D eigenvalue weighted by Gasteiger charge is -2.28. The fourth-order valence-corrected chi connectivity index (χ4v) is 3.49. The highest BCUT2D eigenvalue weighted by Gasteiger charge is 2.36. The molecular weight excluding hydrogens is 423 g/mol. The Labute approximate surface area is 171 Å². The van der Waals surface area contributed by atoms with E-state index in [0.29, 0.717) is 10.4 Å². The van der Waals surface area contributed by atoms with Gasteiger partial charge in [-0.25, -0.2) is 4.79 Å². The smallest absolute Gasteiger partial charge is 0.341 e. The zero-order valence-corrected chi connectivity index (χ0v) is 18.1. The summed E-state index contributed by atoms with van der Waals surface area (Å²) >= 11 is 19.0. The lowest BCUT2D eigenvalue weighted by molar-refractivity contribution is -0.124. The van der Waals surface area contributed by atoms with Crippen LogP contribution in [0.1, 0.15) is 53.3 Å². The topological polar surface area (TPSA) is 84.5 Å². The van der Waals surface area contributed by atoms with Crippen LogP contribution in [0, 0.1) is 12.8 Å². The van der Waals surface area contributed by atoms with Gasteiger partial charge in [-0.15, -0.1) is 11.3 Å². The number of amides is 1. The fraction of sp³-hybridized carbons (Fsp3) is 0.562. The van der Waals surface area contributed by atoms with E-state index >= 15 is 0 Å². The molecule has 26 heavy (non-hydrogen) atoms. The van der Waals surface area contributed by atoms with Crippen LogP contribution in [0.4, 0.5) is 5.00 Å². The molecule has 1 aromatic rings. The summed E-state index contributed by atoms with van der Waals surface area (Å²) < 4.78 is 3.16. The maximum Gasteiger partial charge on any atom is 0.341 e. The summed E-state index contributed by atoms with van der Waals surface area (Å²) in [7, 11) is 0. The van der Waals surface area contributed by atoms with Crippen molar-refractivity contribution in [3.8, 4) is 0 Å². The Bertz CT molecular complexity index is 698. The summed E-state index contributed by atoms with van der Waals surface area (Å²) in [5.74, 6) is -1.49. The lowest BCUT2D eigenvalue weighted by atomic mass is 10.1. The third-order valence-electron chi connectivity index (χ3n) is 3.36. The van der Waals surface area contributed by atoms with Crippen LogP contribution in [0.15, 0.2) is 0 Å². The van der Waals surface area contributed by atoms with Gasteiger partial charge in [-0.05, 0) is 26.3 Å². The summed E-state index contributed by atoms with van der Waals surface area (Å²) in [5, 5.41) is 5.74. The molecule has 0 aliphatic rings. The average Bonchev–Trinajstić information content (AvgIpc) is 2.82. The molecule has 1 rings (SSSR count).